The maximum absolute atomic E-state index is 13.8. The molecule has 2 saturated heterocycles. The number of nitrogens with zero attached hydrogens (tertiary/aromatic N) is 3. The number of rotatable bonds is 12. The fourth-order valence-electron chi connectivity index (χ4n) is 11.0. The van der Waals surface area contributed by atoms with Gasteiger partial charge in [-0.25, -0.2) is 0 Å². The molecule has 4 aromatic carbocycles. The van der Waals surface area contributed by atoms with Crippen molar-refractivity contribution in [2.45, 2.75) is 115 Å². The van der Waals surface area contributed by atoms with E-state index in [9.17, 15) is 24.3 Å². The van der Waals surface area contributed by atoms with Crippen LogP contribution in [0.3, 0.4) is 0 Å². The molecule has 0 spiro atoms. The molecule has 0 saturated carbocycles. The molecule has 0 bridgehead atoms. The summed E-state index contributed by atoms with van der Waals surface area (Å²) in [6.45, 7) is 6.24. The van der Waals surface area contributed by atoms with Gasteiger partial charge in [-0.3, -0.25) is 24.5 Å². The third kappa shape index (κ3) is 7.94. The zero-order valence-corrected chi connectivity index (χ0v) is 34.2. The summed E-state index contributed by atoms with van der Waals surface area (Å²) in [4.78, 5) is 57.5. The van der Waals surface area contributed by atoms with E-state index in [0.717, 1.165) is 69.3 Å². The highest BCUT2D eigenvalue weighted by molar-refractivity contribution is 6.07. The second-order valence-electron chi connectivity index (χ2n) is 17.7. The zero-order valence-electron chi connectivity index (χ0n) is 34.2. The van der Waals surface area contributed by atoms with Crippen molar-refractivity contribution in [2.75, 3.05) is 19.6 Å². The van der Waals surface area contributed by atoms with E-state index < -0.39 is 11.9 Å². The number of aromatic hydroxyl groups is 1. The van der Waals surface area contributed by atoms with Crippen LogP contribution in [-0.4, -0.2) is 75.2 Å². The number of hydrogen-bond donors (Lipinski definition) is 2. The van der Waals surface area contributed by atoms with E-state index in [0.29, 0.717) is 48.2 Å². The molecule has 5 aliphatic rings. The molecule has 4 heterocycles. The zero-order chi connectivity index (χ0) is 40.6. The fraction of sp³-hybridized carbons (Fsp3) is 0.440. The van der Waals surface area contributed by atoms with Crippen molar-refractivity contribution in [1.29, 1.82) is 0 Å². The average molecular weight is 793 g/mol. The first-order valence-electron chi connectivity index (χ1n) is 22.0. The maximum atomic E-state index is 13.8. The lowest BCUT2D eigenvalue weighted by Crippen LogP contribution is -2.52. The van der Waals surface area contributed by atoms with Crippen molar-refractivity contribution in [3.63, 3.8) is 0 Å². The normalized spacial score (nSPS) is 22.6. The number of fused-ring (bicyclic) bond motifs is 3. The molecule has 0 aromatic heterocycles. The van der Waals surface area contributed by atoms with Crippen molar-refractivity contribution in [3.05, 3.63) is 135 Å². The van der Waals surface area contributed by atoms with Gasteiger partial charge in [0, 0.05) is 62.2 Å². The highest BCUT2D eigenvalue weighted by atomic mass is 16.3. The summed E-state index contributed by atoms with van der Waals surface area (Å²) < 4.78 is 0. The van der Waals surface area contributed by atoms with Crippen molar-refractivity contribution in [2.24, 2.45) is 5.92 Å². The molecule has 59 heavy (non-hydrogen) atoms. The van der Waals surface area contributed by atoms with E-state index in [1.807, 2.05) is 23.1 Å². The third-order valence-electron chi connectivity index (χ3n) is 14.0. The topological polar surface area (TPSA) is 110 Å². The molecule has 2 N–H and O–H groups in total. The number of carbonyl (C=O) groups is 4. The van der Waals surface area contributed by atoms with Crippen LogP contribution in [0.5, 0.6) is 5.75 Å². The lowest BCUT2D eigenvalue weighted by Gasteiger charge is -2.38. The predicted molar refractivity (Wildman–Crippen MR) is 227 cm³/mol. The summed E-state index contributed by atoms with van der Waals surface area (Å²) >= 11 is 0. The monoisotopic (exact) mass is 792 g/mol. The first-order chi connectivity index (χ1) is 28.7. The van der Waals surface area contributed by atoms with Gasteiger partial charge in [0.05, 0.1) is 0 Å². The van der Waals surface area contributed by atoms with Crippen LogP contribution in [0.15, 0.2) is 84.9 Å². The summed E-state index contributed by atoms with van der Waals surface area (Å²) in [5.74, 6) is 0.704. The Morgan fingerprint density at radius 3 is 2.19 bits per heavy atom. The standard InChI is InChI=1S/C50H56N4O5/c1-2-7-33(9-6-8-32-12-14-35(15-13-32)47-41(34-10-4-3-5-11-34)18-16-36-27-40(55)17-19-42(36)47)29-52-24-22-39(23-25-52)53-30-37-26-38-31-54(45-20-21-46(56)51-48(45)57)50(59)44(38)28-43(37)49(53)58/h3-5,10-15,17,19,26-28,33,39,41,45,47,55H,2,6-9,16,18,20-25,29-31H2,1H3,(H,51,56,57)/t33?,41-,45?,47+/m1/s1. The summed E-state index contributed by atoms with van der Waals surface area (Å²) in [7, 11) is 0. The molecule has 4 amide bonds. The van der Waals surface area contributed by atoms with Crippen LogP contribution < -0.4 is 5.32 Å². The number of phenols is 1. The molecule has 9 nitrogen and oxygen atoms in total. The van der Waals surface area contributed by atoms with Crippen molar-refractivity contribution >= 4 is 23.6 Å². The number of nitrogens with one attached hydrogen (secondary N) is 1. The van der Waals surface area contributed by atoms with Gasteiger partial charge in [-0.15, -0.1) is 0 Å². The fourth-order valence-corrected chi connectivity index (χ4v) is 11.0. The number of likely N-dealkylation sites (tertiary alicyclic amines) is 1. The quantitative estimate of drug-likeness (QED) is 0.141. The van der Waals surface area contributed by atoms with E-state index in [-0.39, 0.29) is 36.1 Å². The van der Waals surface area contributed by atoms with E-state index >= 15 is 0 Å². The SMILES string of the molecule is CCCC(CCCc1ccc([C@@H]2c3ccc(O)cc3CC[C@@H]2c2ccccc2)cc1)CN1CCC(N2Cc3cc4c(cc3C2=O)C(=O)N(C2CCC(=O)NC2=O)C4)CC1. The summed E-state index contributed by atoms with van der Waals surface area (Å²) in [5, 5.41) is 12.6. The molecule has 9 rings (SSSR count). The second kappa shape index (κ2) is 16.8. The second-order valence-corrected chi connectivity index (χ2v) is 17.7. The predicted octanol–water partition coefficient (Wildman–Crippen LogP) is 7.87. The van der Waals surface area contributed by atoms with Crippen molar-refractivity contribution < 1.29 is 24.3 Å². The van der Waals surface area contributed by atoms with Gasteiger partial charge in [0.2, 0.25) is 11.8 Å². The van der Waals surface area contributed by atoms with Gasteiger partial charge in [-0.05, 0) is 127 Å². The minimum Gasteiger partial charge on any atom is -0.508 e. The molecule has 4 atom stereocenters. The van der Waals surface area contributed by atoms with Crippen LogP contribution in [-0.2, 0) is 35.5 Å². The van der Waals surface area contributed by atoms with Crippen LogP contribution >= 0.6 is 0 Å². The molecule has 9 heteroatoms. The van der Waals surface area contributed by atoms with Crippen molar-refractivity contribution in [3.8, 4) is 5.75 Å². The Kier molecular flexibility index (Phi) is 11.1. The first-order valence-corrected chi connectivity index (χ1v) is 22.0. The molecule has 4 aromatic rings. The maximum Gasteiger partial charge on any atom is 0.255 e. The Hall–Kier alpha value is -5.28. The molecular weight excluding hydrogens is 737 g/mol. The summed E-state index contributed by atoms with van der Waals surface area (Å²) in [5.41, 5.74) is 9.64. The van der Waals surface area contributed by atoms with Crippen LogP contribution in [0, 0.1) is 5.92 Å². The van der Waals surface area contributed by atoms with E-state index in [4.69, 9.17) is 0 Å². The Labute approximate surface area is 347 Å². The van der Waals surface area contributed by atoms with Gasteiger partial charge < -0.3 is 19.8 Å². The van der Waals surface area contributed by atoms with Crippen LogP contribution in [0.4, 0.5) is 0 Å². The van der Waals surface area contributed by atoms with Gasteiger partial charge in [0.1, 0.15) is 11.8 Å². The van der Waals surface area contributed by atoms with Gasteiger partial charge >= 0.3 is 0 Å². The molecule has 1 aliphatic carbocycles. The number of hydrogen-bond acceptors (Lipinski definition) is 6. The number of carbonyl (C=O) groups excluding carboxylic acids is 4. The van der Waals surface area contributed by atoms with E-state index in [1.165, 1.54) is 47.1 Å². The highest BCUT2D eigenvalue weighted by Gasteiger charge is 2.42. The minimum atomic E-state index is -0.660. The number of imide groups is 1. The molecule has 0 radical (unpaired) electrons. The van der Waals surface area contributed by atoms with Gasteiger partial charge in [0.15, 0.2) is 0 Å². The molecule has 2 unspecified atom stereocenters. The number of amides is 4. The number of benzene rings is 4. The lowest BCUT2D eigenvalue weighted by atomic mass is 9.69. The number of aryl methyl sites for hydroxylation is 2. The average Bonchev–Trinajstić information content (AvgIpc) is 3.74. The minimum absolute atomic E-state index is 0.00487. The molecule has 2 fully saturated rings. The van der Waals surface area contributed by atoms with Crippen molar-refractivity contribution in [1.82, 2.24) is 20.0 Å². The van der Waals surface area contributed by atoms with E-state index in [1.54, 1.807) is 11.0 Å². The van der Waals surface area contributed by atoms with Gasteiger partial charge in [-0.2, -0.15) is 0 Å². The summed E-state index contributed by atoms with van der Waals surface area (Å²) in [6, 6.07) is 29.5. The van der Waals surface area contributed by atoms with Gasteiger partial charge in [-0.1, -0.05) is 80.1 Å². The molecule has 306 valence electrons. The van der Waals surface area contributed by atoms with Gasteiger partial charge in [0.25, 0.3) is 11.8 Å². The third-order valence-corrected chi connectivity index (χ3v) is 14.0. The van der Waals surface area contributed by atoms with Crippen LogP contribution in [0.25, 0.3) is 0 Å². The number of piperidine rings is 2. The number of phenolic OH excluding ortho intramolecular Hbond substituents is 1. The first kappa shape index (κ1) is 39.2. The van der Waals surface area contributed by atoms with Crippen LogP contribution in [0.1, 0.15) is 136 Å². The Bertz CT molecular complexity index is 2230. The molecule has 4 aliphatic heterocycles. The summed E-state index contributed by atoms with van der Waals surface area (Å²) in [6.07, 6.45) is 10.3. The molecular formula is C50H56N4O5. The van der Waals surface area contributed by atoms with E-state index in [2.05, 4.69) is 77.8 Å². The Balaban J connectivity index is 0.771. The smallest absolute Gasteiger partial charge is 0.255 e. The Morgan fingerprint density at radius 2 is 1.46 bits per heavy atom. The lowest BCUT2D eigenvalue weighted by molar-refractivity contribution is -0.136. The highest BCUT2D eigenvalue weighted by Crippen LogP contribution is 2.47. The van der Waals surface area contributed by atoms with Crippen LogP contribution in [0.2, 0.25) is 0 Å². The largest absolute Gasteiger partial charge is 0.508 e. The Morgan fingerprint density at radius 1 is 0.729 bits per heavy atom.